The Morgan fingerprint density at radius 3 is 2.53 bits per heavy atom. The van der Waals surface area contributed by atoms with Gasteiger partial charge in [-0.25, -0.2) is 9.78 Å². The summed E-state index contributed by atoms with van der Waals surface area (Å²) < 4.78 is 9.04. The summed E-state index contributed by atoms with van der Waals surface area (Å²) in [5, 5.41) is 2.94. The SMILES string of the molecule is Cn1c(=O)n(C)c2cc(CNC(=O)c3ccc4oc(Cc5ccccc5)nc4c3)ccc21. The Morgan fingerprint density at radius 2 is 1.72 bits per heavy atom. The van der Waals surface area contributed by atoms with E-state index in [1.165, 1.54) is 0 Å². The van der Waals surface area contributed by atoms with Crippen molar-refractivity contribution >= 4 is 28.0 Å². The molecule has 0 atom stereocenters. The van der Waals surface area contributed by atoms with E-state index in [9.17, 15) is 9.59 Å². The quantitative estimate of drug-likeness (QED) is 0.466. The number of rotatable bonds is 5. The molecule has 32 heavy (non-hydrogen) atoms. The van der Waals surface area contributed by atoms with Crippen LogP contribution >= 0.6 is 0 Å². The third-order valence-corrected chi connectivity index (χ3v) is 5.68. The second-order valence-corrected chi connectivity index (χ2v) is 7.86. The molecular weight excluding hydrogens is 404 g/mol. The zero-order valence-corrected chi connectivity index (χ0v) is 17.8. The fourth-order valence-corrected chi connectivity index (χ4v) is 3.91. The summed E-state index contributed by atoms with van der Waals surface area (Å²) in [6.07, 6.45) is 0.599. The van der Waals surface area contributed by atoms with Gasteiger partial charge in [-0.05, 0) is 41.5 Å². The summed E-state index contributed by atoms with van der Waals surface area (Å²) in [4.78, 5) is 29.4. The number of hydrogen-bond acceptors (Lipinski definition) is 4. The molecular formula is C25H22N4O3. The van der Waals surface area contributed by atoms with Gasteiger partial charge in [0.15, 0.2) is 11.5 Å². The first-order valence-electron chi connectivity index (χ1n) is 10.4. The smallest absolute Gasteiger partial charge is 0.328 e. The van der Waals surface area contributed by atoms with Crippen molar-refractivity contribution in [3.63, 3.8) is 0 Å². The molecule has 7 nitrogen and oxygen atoms in total. The van der Waals surface area contributed by atoms with Crippen LogP contribution in [0.1, 0.15) is 27.4 Å². The molecule has 1 N–H and O–H groups in total. The first-order chi connectivity index (χ1) is 15.5. The molecule has 0 saturated heterocycles. The van der Waals surface area contributed by atoms with E-state index in [4.69, 9.17) is 4.42 Å². The second kappa shape index (κ2) is 7.85. The number of imidazole rings is 1. The first kappa shape index (κ1) is 19.8. The highest BCUT2D eigenvalue weighted by atomic mass is 16.3. The Hall–Kier alpha value is -4.13. The van der Waals surface area contributed by atoms with Gasteiger partial charge in [-0.2, -0.15) is 0 Å². The maximum Gasteiger partial charge on any atom is 0.328 e. The van der Waals surface area contributed by atoms with E-state index < -0.39 is 0 Å². The summed E-state index contributed by atoms with van der Waals surface area (Å²) in [6, 6.07) is 21.0. The molecule has 7 heteroatoms. The maximum atomic E-state index is 12.7. The van der Waals surface area contributed by atoms with Gasteiger partial charge in [-0.15, -0.1) is 0 Å². The van der Waals surface area contributed by atoms with Crippen molar-refractivity contribution < 1.29 is 9.21 Å². The number of carbonyl (C=O) groups is 1. The molecule has 0 saturated carbocycles. The molecule has 2 aromatic heterocycles. The lowest BCUT2D eigenvalue weighted by Gasteiger charge is -2.06. The van der Waals surface area contributed by atoms with Gasteiger partial charge < -0.3 is 9.73 Å². The van der Waals surface area contributed by atoms with E-state index in [0.717, 1.165) is 22.2 Å². The van der Waals surface area contributed by atoms with Gasteiger partial charge in [0.25, 0.3) is 5.91 Å². The monoisotopic (exact) mass is 426 g/mol. The Bertz CT molecular complexity index is 1510. The maximum absolute atomic E-state index is 12.7. The van der Waals surface area contributed by atoms with Crippen molar-refractivity contribution in [1.82, 2.24) is 19.4 Å². The van der Waals surface area contributed by atoms with E-state index in [1.54, 1.807) is 41.4 Å². The molecule has 0 aliphatic heterocycles. The van der Waals surface area contributed by atoms with Crippen molar-refractivity contribution in [3.05, 3.63) is 99.8 Å². The fraction of sp³-hybridized carbons (Fsp3) is 0.160. The minimum absolute atomic E-state index is 0.0752. The van der Waals surface area contributed by atoms with Crippen molar-refractivity contribution in [2.75, 3.05) is 0 Å². The van der Waals surface area contributed by atoms with Gasteiger partial charge in [0.1, 0.15) is 5.52 Å². The lowest BCUT2D eigenvalue weighted by atomic mass is 10.1. The van der Waals surface area contributed by atoms with Crippen LogP contribution in [-0.4, -0.2) is 20.0 Å². The van der Waals surface area contributed by atoms with E-state index in [0.29, 0.717) is 35.5 Å². The molecule has 2 heterocycles. The zero-order chi connectivity index (χ0) is 22.2. The van der Waals surface area contributed by atoms with Gasteiger partial charge >= 0.3 is 5.69 Å². The van der Waals surface area contributed by atoms with Crippen LogP contribution < -0.4 is 11.0 Å². The standard InChI is InChI=1S/C25H22N4O3/c1-28-20-10-8-17(12-21(20)29(2)25(28)31)15-26-24(30)18-9-11-22-19(14-18)27-23(32-22)13-16-6-4-3-5-7-16/h3-12,14H,13,15H2,1-2H3,(H,26,30). The van der Waals surface area contributed by atoms with Crippen LogP contribution in [0.15, 0.2) is 75.9 Å². The van der Waals surface area contributed by atoms with E-state index in [1.807, 2.05) is 48.5 Å². The number of aryl methyl sites for hydroxylation is 2. The predicted molar refractivity (Wildman–Crippen MR) is 123 cm³/mol. The fourth-order valence-electron chi connectivity index (χ4n) is 3.91. The molecule has 3 aromatic carbocycles. The van der Waals surface area contributed by atoms with Crippen molar-refractivity contribution in [3.8, 4) is 0 Å². The van der Waals surface area contributed by atoms with Crippen LogP contribution in [0.5, 0.6) is 0 Å². The van der Waals surface area contributed by atoms with Gasteiger partial charge in [0.2, 0.25) is 0 Å². The van der Waals surface area contributed by atoms with Gasteiger partial charge in [-0.1, -0.05) is 36.4 Å². The molecule has 0 aliphatic carbocycles. The molecule has 160 valence electrons. The molecule has 5 aromatic rings. The highest BCUT2D eigenvalue weighted by molar-refractivity contribution is 5.97. The van der Waals surface area contributed by atoms with E-state index in [2.05, 4.69) is 10.3 Å². The molecule has 0 fully saturated rings. The van der Waals surface area contributed by atoms with Crippen LogP contribution in [0.2, 0.25) is 0 Å². The summed E-state index contributed by atoms with van der Waals surface area (Å²) in [6.45, 7) is 0.355. The number of carbonyl (C=O) groups excluding carboxylic acids is 1. The summed E-state index contributed by atoms with van der Waals surface area (Å²) in [5.41, 5.74) is 5.48. The molecule has 0 unspecified atom stereocenters. The molecule has 0 bridgehead atoms. The van der Waals surface area contributed by atoms with Gasteiger partial charge in [0.05, 0.1) is 11.0 Å². The Labute approximate surface area is 183 Å². The average molecular weight is 426 g/mol. The number of benzene rings is 3. The Kier molecular flexibility index (Phi) is 4.86. The molecule has 0 radical (unpaired) electrons. The summed E-state index contributed by atoms with van der Waals surface area (Å²) in [5.74, 6) is 0.423. The third-order valence-electron chi connectivity index (χ3n) is 5.68. The van der Waals surface area contributed by atoms with Crippen LogP contribution in [0.4, 0.5) is 0 Å². The van der Waals surface area contributed by atoms with Crippen molar-refractivity contribution in [1.29, 1.82) is 0 Å². The highest BCUT2D eigenvalue weighted by Crippen LogP contribution is 2.20. The van der Waals surface area contributed by atoms with Crippen molar-refractivity contribution in [2.45, 2.75) is 13.0 Å². The van der Waals surface area contributed by atoms with Gasteiger partial charge in [-0.3, -0.25) is 13.9 Å². The molecule has 5 rings (SSSR count). The highest BCUT2D eigenvalue weighted by Gasteiger charge is 2.12. The molecule has 0 aliphatic rings. The number of hydrogen-bond donors (Lipinski definition) is 1. The minimum Gasteiger partial charge on any atom is -0.440 e. The number of nitrogens with zero attached hydrogens (tertiary/aromatic N) is 3. The van der Waals surface area contributed by atoms with Crippen LogP contribution in [0.3, 0.4) is 0 Å². The number of nitrogens with one attached hydrogen (secondary N) is 1. The number of oxazole rings is 1. The van der Waals surface area contributed by atoms with E-state index >= 15 is 0 Å². The lowest BCUT2D eigenvalue weighted by molar-refractivity contribution is 0.0951. The second-order valence-electron chi connectivity index (χ2n) is 7.86. The third kappa shape index (κ3) is 3.58. The Balaban J connectivity index is 1.32. The van der Waals surface area contributed by atoms with Crippen molar-refractivity contribution in [2.24, 2.45) is 14.1 Å². The number of aromatic nitrogens is 3. The van der Waals surface area contributed by atoms with Gasteiger partial charge in [0, 0.05) is 32.6 Å². The predicted octanol–water partition coefficient (Wildman–Crippen LogP) is 3.54. The largest absolute Gasteiger partial charge is 0.440 e. The molecule has 0 spiro atoms. The van der Waals surface area contributed by atoms with Crippen LogP contribution in [0.25, 0.3) is 22.1 Å². The lowest BCUT2D eigenvalue weighted by Crippen LogP contribution is -2.22. The van der Waals surface area contributed by atoms with Crippen LogP contribution in [0, 0.1) is 0 Å². The topological polar surface area (TPSA) is 82.1 Å². The summed E-state index contributed by atoms with van der Waals surface area (Å²) in [7, 11) is 3.49. The van der Waals surface area contributed by atoms with E-state index in [-0.39, 0.29) is 11.6 Å². The molecule has 1 amide bonds. The minimum atomic E-state index is -0.193. The Morgan fingerprint density at radius 1 is 0.938 bits per heavy atom. The number of amides is 1. The number of fused-ring (bicyclic) bond motifs is 2. The average Bonchev–Trinajstić information content (AvgIpc) is 3.31. The first-order valence-corrected chi connectivity index (χ1v) is 10.4. The summed E-state index contributed by atoms with van der Waals surface area (Å²) >= 11 is 0. The zero-order valence-electron chi connectivity index (χ0n) is 17.8. The van der Waals surface area contributed by atoms with Crippen LogP contribution in [-0.2, 0) is 27.1 Å². The normalized spacial score (nSPS) is 11.3.